The molecule has 2 aromatic heterocycles. The lowest BCUT2D eigenvalue weighted by atomic mass is 10.1. The zero-order chi connectivity index (χ0) is 23.5. The van der Waals surface area contributed by atoms with Gasteiger partial charge in [-0.1, -0.05) is 12.1 Å². The zero-order valence-corrected chi connectivity index (χ0v) is 19.1. The van der Waals surface area contributed by atoms with Crippen LogP contribution in [0.4, 0.5) is 11.8 Å². The topological polar surface area (TPSA) is 124 Å². The lowest BCUT2D eigenvalue weighted by Gasteiger charge is -2.15. The first-order chi connectivity index (χ1) is 16.6. The SMILES string of the molecule is COCC1(CNC(=O)c2cccc(CNc3ncc(-c4ccnc(N)n4)c4c3CCO4)c2)CC1. The van der Waals surface area contributed by atoms with Crippen molar-refractivity contribution in [2.24, 2.45) is 5.41 Å². The van der Waals surface area contributed by atoms with E-state index in [1.807, 2.05) is 24.3 Å². The van der Waals surface area contributed by atoms with Crippen LogP contribution >= 0.6 is 0 Å². The van der Waals surface area contributed by atoms with Gasteiger partial charge in [-0.15, -0.1) is 0 Å². The number of benzene rings is 1. The fourth-order valence-electron chi connectivity index (χ4n) is 4.28. The number of nitrogens with zero attached hydrogens (tertiary/aromatic N) is 3. The normalized spacial score (nSPS) is 15.3. The van der Waals surface area contributed by atoms with Crippen LogP contribution in [0.3, 0.4) is 0 Å². The highest BCUT2D eigenvalue weighted by atomic mass is 16.5. The summed E-state index contributed by atoms with van der Waals surface area (Å²) in [6.07, 6.45) is 6.30. The molecule has 1 aliphatic carbocycles. The molecule has 1 amide bonds. The Morgan fingerprint density at radius 2 is 2.15 bits per heavy atom. The maximum Gasteiger partial charge on any atom is 0.251 e. The van der Waals surface area contributed by atoms with Crippen molar-refractivity contribution in [1.82, 2.24) is 20.3 Å². The largest absolute Gasteiger partial charge is 0.492 e. The van der Waals surface area contributed by atoms with Crippen LogP contribution in [0.5, 0.6) is 5.75 Å². The quantitative estimate of drug-likeness (QED) is 0.445. The summed E-state index contributed by atoms with van der Waals surface area (Å²) >= 11 is 0. The molecule has 3 aromatic rings. The molecule has 176 valence electrons. The Hall–Kier alpha value is -3.72. The number of hydrogen-bond donors (Lipinski definition) is 3. The van der Waals surface area contributed by atoms with E-state index in [4.69, 9.17) is 15.2 Å². The van der Waals surface area contributed by atoms with Crippen LogP contribution in [-0.2, 0) is 17.7 Å². The summed E-state index contributed by atoms with van der Waals surface area (Å²) in [6, 6.07) is 9.43. The Labute approximate surface area is 198 Å². The standard InChI is InChI=1S/C25H28N6O3/c1-33-15-25(7-8-25)14-30-23(32)17-4-2-3-16(11-17)12-28-22-18-6-10-34-21(18)19(13-29-22)20-5-9-27-24(26)31-20/h2-5,9,11,13H,6-8,10,12,14-15H2,1H3,(H,28,29)(H,30,32)(H2,26,27,31). The summed E-state index contributed by atoms with van der Waals surface area (Å²) in [4.78, 5) is 25.6. The number of carbonyl (C=O) groups excluding carboxylic acids is 1. The zero-order valence-electron chi connectivity index (χ0n) is 19.1. The number of anilines is 2. The molecule has 1 aliphatic heterocycles. The van der Waals surface area contributed by atoms with Gasteiger partial charge in [0, 0.05) is 55.6 Å². The van der Waals surface area contributed by atoms with Crippen molar-refractivity contribution in [3.8, 4) is 17.0 Å². The van der Waals surface area contributed by atoms with Gasteiger partial charge in [0.05, 0.1) is 24.5 Å². The monoisotopic (exact) mass is 460 g/mol. The van der Waals surface area contributed by atoms with Gasteiger partial charge in [-0.05, 0) is 36.6 Å². The summed E-state index contributed by atoms with van der Waals surface area (Å²) in [6.45, 7) is 2.45. The fourth-order valence-corrected chi connectivity index (χ4v) is 4.28. The van der Waals surface area contributed by atoms with Gasteiger partial charge in [-0.25, -0.2) is 15.0 Å². The van der Waals surface area contributed by atoms with Crippen molar-refractivity contribution in [1.29, 1.82) is 0 Å². The Balaban J connectivity index is 1.27. The van der Waals surface area contributed by atoms with Crippen molar-refractivity contribution < 1.29 is 14.3 Å². The van der Waals surface area contributed by atoms with Crippen LogP contribution in [0.1, 0.15) is 34.3 Å². The first-order valence-electron chi connectivity index (χ1n) is 11.4. The van der Waals surface area contributed by atoms with Crippen LogP contribution in [0, 0.1) is 5.41 Å². The minimum Gasteiger partial charge on any atom is -0.492 e. The first-order valence-corrected chi connectivity index (χ1v) is 11.4. The van der Waals surface area contributed by atoms with Gasteiger partial charge >= 0.3 is 0 Å². The minimum absolute atomic E-state index is 0.0647. The second-order valence-electron chi connectivity index (χ2n) is 8.90. The molecule has 3 heterocycles. The second kappa shape index (κ2) is 9.26. The van der Waals surface area contributed by atoms with Crippen LogP contribution in [0.2, 0.25) is 0 Å². The number of methoxy groups -OCH3 is 1. The van der Waals surface area contributed by atoms with Crippen molar-refractivity contribution >= 4 is 17.7 Å². The van der Waals surface area contributed by atoms with Gasteiger partial charge in [0.15, 0.2) is 0 Å². The van der Waals surface area contributed by atoms with E-state index in [1.54, 1.807) is 25.6 Å². The molecule has 1 aromatic carbocycles. The van der Waals surface area contributed by atoms with E-state index in [-0.39, 0.29) is 17.3 Å². The van der Waals surface area contributed by atoms with E-state index in [9.17, 15) is 4.79 Å². The molecule has 4 N–H and O–H groups in total. The number of pyridine rings is 1. The van der Waals surface area contributed by atoms with Gasteiger partial charge in [0.1, 0.15) is 11.6 Å². The highest BCUT2D eigenvalue weighted by Crippen LogP contribution is 2.45. The van der Waals surface area contributed by atoms with Crippen LogP contribution in [0.25, 0.3) is 11.3 Å². The van der Waals surface area contributed by atoms with Crippen molar-refractivity contribution in [2.45, 2.75) is 25.8 Å². The molecule has 34 heavy (non-hydrogen) atoms. The maximum atomic E-state index is 12.7. The molecule has 0 radical (unpaired) electrons. The molecular formula is C25H28N6O3. The number of aromatic nitrogens is 3. The minimum atomic E-state index is -0.0647. The third-order valence-electron chi connectivity index (χ3n) is 6.36. The van der Waals surface area contributed by atoms with E-state index in [2.05, 4.69) is 25.6 Å². The van der Waals surface area contributed by atoms with Gasteiger partial charge in [0.2, 0.25) is 5.95 Å². The smallest absolute Gasteiger partial charge is 0.251 e. The van der Waals surface area contributed by atoms with Crippen LogP contribution < -0.4 is 21.1 Å². The number of nitrogens with two attached hydrogens (primary N) is 1. The van der Waals surface area contributed by atoms with Gasteiger partial charge in [-0.2, -0.15) is 0 Å². The highest BCUT2D eigenvalue weighted by Gasteiger charge is 2.42. The van der Waals surface area contributed by atoms with Crippen molar-refractivity contribution in [3.63, 3.8) is 0 Å². The molecule has 2 aliphatic rings. The number of rotatable bonds is 9. The fraction of sp³-hybridized carbons (Fsp3) is 0.360. The summed E-state index contributed by atoms with van der Waals surface area (Å²) in [5.74, 6) is 1.68. The summed E-state index contributed by atoms with van der Waals surface area (Å²) < 4.78 is 11.2. The third kappa shape index (κ3) is 4.65. The summed E-state index contributed by atoms with van der Waals surface area (Å²) in [5.41, 5.74) is 9.99. The van der Waals surface area contributed by atoms with Crippen molar-refractivity contribution in [3.05, 3.63) is 59.4 Å². The summed E-state index contributed by atoms with van der Waals surface area (Å²) in [5, 5.41) is 6.46. The van der Waals surface area contributed by atoms with Crippen molar-refractivity contribution in [2.75, 3.05) is 37.9 Å². The van der Waals surface area contributed by atoms with Gasteiger partial charge in [0.25, 0.3) is 5.91 Å². The molecule has 1 fully saturated rings. The number of ether oxygens (including phenoxy) is 2. The van der Waals surface area contributed by atoms with Gasteiger partial charge < -0.3 is 25.8 Å². The molecule has 9 nitrogen and oxygen atoms in total. The molecule has 0 spiro atoms. The van der Waals surface area contributed by atoms with E-state index >= 15 is 0 Å². The molecule has 0 saturated heterocycles. The molecular weight excluding hydrogens is 432 g/mol. The lowest BCUT2D eigenvalue weighted by Crippen LogP contribution is -2.32. The Morgan fingerprint density at radius 1 is 1.26 bits per heavy atom. The molecule has 9 heteroatoms. The first kappa shape index (κ1) is 22.1. The molecule has 0 unspecified atom stereocenters. The maximum absolute atomic E-state index is 12.7. The van der Waals surface area contributed by atoms with E-state index in [0.717, 1.165) is 47.5 Å². The number of hydrogen-bond acceptors (Lipinski definition) is 8. The number of nitrogen functional groups attached to an aromatic ring is 1. The predicted octanol–water partition coefficient (Wildman–Crippen LogP) is 2.82. The third-order valence-corrected chi connectivity index (χ3v) is 6.36. The Kier molecular flexibility index (Phi) is 6.02. The predicted molar refractivity (Wildman–Crippen MR) is 129 cm³/mol. The summed E-state index contributed by atoms with van der Waals surface area (Å²) in [7, 11) is 1.70. The number of nitrogens with one attached hydrogen (secondary N) is 2. The Bertz CT molecular complexity index is 1210. The Morgan fingerprint density at radius 3 is 2.94 bits per heavy atom. The molecule has 0 bridgehead atoms. The average molecular weight is 461 g/mol. The van der Waals surface area contributed by atoms with Gasteiger partial charge in [-0.3, -0.25) is 4.79 Å². The highest BCUT2D eigenvalue weighted by molar-refractivity contribution is 5.94. The number of carbonyl (C=O) groups is 1. The number of amides is 1. The second-order valence-corrected chi connectivity index (χ2v) is 8.90. The molecule has 0 atom stereocenters. The van der Waals surface area contributed by atoms with E-state index in [0.29, 0.717) is 37.6 Å². The number of fused-ring (bicyclic) bond motifs is 1. The molecule has 1 saturated carbocycles. The van der Waals surface area contributed by atoms with Crippen LogP contribution in [-0.4, -0.2) is 47.7 Å². The van der Waals surface area contributed by atoms with E-state index < -0.39 is 0 Å². The van der Waals surface area contributed by atoms with E-state index in [1.165, 1.54) is 0 Å². The lowest BCUT2D eigenvalue weighted by molar-refractivity contribution is 0.0919. The molecule has 5 rings (SSSR count). The van der Waals surface area contributed by atoms with Crippen LogP contribution in [0.15, 0.2) is 42.7 Å². The average Bonchev–Trinajstić information content (AvgIpc) is 3.43.